The van der Waals surface area contributed by atoms with Gasteiger partial charge in [-0.2, -0.15) is 0 Å². The van der Waals surface area contributed by atoms with Gasteiger partial charge in [-0.1, -0.05) is 10.6 Å². The number of thiazole rings is 1. The highest BCUT2D eigenvalue weighted by Gasteiger charge is 2.15. The first-order chi connectivity index (χ1) is 10.1. The highest BCUT2D eigenvalue weighted by Crippen LogP contribution is 2.31. The average Bonchev–Trinajstić information content (AvgIpc) is 3.16. The minimum atomic E-state index is -0.132. The van der Waals surface area contributed by atoms with Gasteiger partial charge in [0.2, 0.25) is 0 Å². The van der Waals surface area contributed by atoms with Crippen LogP contribution in [0.4, 0.5) is 0 Å². The Morgan fingerprint density at radius 1 is 1.33 bits per heavy atom. The summed E-state index contributed by atoms with van der Waals surface area (Å²) in [6.07, 6.45) is 0. The first-order valence-electron chi connectivity index (χ1n) is 6.22. The lowest BCUT2D eigenvalue weighted by molar-refractivity contribution is 0.0954. The normalized spacial score (nSPS) is 10.8. The number of nitrogens with one attached hydrogen (secondary N) is 1. The van der Waals surface area contributed by atoms with Crippen LogP contribution in [0.5, 0.6) is 0 Å². The molecule has 1 N–H and O–H groups in total. The molecule has 8 heteroatoms. The van der Waals surface area contributed by atoms with E-state index in [1.807, 2.05) is 18.4 Å². The minimum absolute atomic E-state index is 0.132. The molecule has 3 heterocycles. The molecule has 0 radical (unpaired) electrons. The van der Waals surface area contributed by atoms with Crippen molar-refractivity contribution in [3.05, 3.63) is 38.7 Å². The molecule has 3 aromatic rings. The summed E-state index contributed by atoms with van der Waals surface area (Å²) in [6, 6.07) is 4.06. The van der Waals surface area contributed by atoms with Gasteiger partial charge in [-0.25, -0.2) is 4.98 Å². The van der Waals surface area contributed by atoms with Crippen molar-refractivity contribution in [2.75, 3.05) is 0 Å². The van der Waals surface area contributed by atoms with Gasteiger partial charge in [0.25, 0.3) is 5.91 Å². The van der Waals surface area contributed by atoms with E-state index in [0.29, 0.717) is 17.1 Å². The number of aryl methyl sites for hydroxylation is 2. The molecule has 0 aliphatic rings. The first kappa shape index (κ1) is 14.3. The van der Waals surface area contributed by atoms with Crippen LogP contribution in [-0.2, 0) is 6.54 Å². The quantitative estimate of drug-likeness (QED) is 0.794. The summed E-state index contributed by atoms with van der Waals surface area (Å²) in [5, 5.41) is 9.79. The van der Waals surface area contributed by atoms with Gasteiger partial charge in [-0.15, -0.1) is 27.8 Å². The van der Waals surface area contributed by atoms with E-state index in [0.717, 1.165) is 32.0 Å². The van der Waals surface area contributed by atoms with Gasteiger partial charge in [0.15, 0.2) is 0 Å². The number of aromatic nitrogens is 3. The number of hydrogen-bond acceptors (Lipinski definition) is 7. The summed E-state index contributed by atoms with van der Waals surface area (Å²) in [5.41, 5.74) is 1.63. The Labute approximate surface area is 133 Å². The SMILES string of the molecule is Cc1nc(-c2cccs2)sc1CNC(=O)c1snnc1C. The first-order valence-corrected chi connectivity index (χ1v) is 8.69. The molecule has 108 valence electrons. The van der Waals surface area contributed by atoms with Crippen LogP contribution in [0.2, 0.25) is 0 Å². The van der Waals surface area contributed by atoms with Crippen molar-refractivity contribution in [1.82, 2.24) is 19.9 Å². The molecular formula is C13H12N4OS3. The molecule has 0 bridgehead atoms. The monoisotopic (exact) mass is 336 g/mol. The predicted octanol–water partition coefficient (Wildman–Crippen LogP) is 3.27. The van der Waals surface area contributed by atoms with Crippen LogP contribution >= 0.6 is 34.2 Å². The molecular weight excluding hydrogens is 324 g/mol. The zero-order valence-corrected chi connectivity index (χ0v) is 13.9. The maximum Gasteiger partial charge on any atom is 0.265 e. The van der Waals surface area contributed by atoms with Gasteiger partial charge < -0.3 is 5.32 Å². The van der Waals surface area contributed by atoms with Gasteiger partial charge in [-0.05, 0) is 36.8 Å². The Morgan fingerprint density at radius 2 is 2.19 bits per heavy atom. The summed E-state index contributed by atoms with van der Waals surface area (Å²) < 4.78 is 3.78. The van der Waals surface area contributed by atoms with Crippen LogP contribution < -0.4 is 5.32 Å². The summed E-state index contributed by atoms with van der Waals surface area (Å²) in [5.74, 6) is -0.132. The number of thiophene rings is 1. The predicted molar refractivity (Wildman–Crippen MR) is 86.0 cm³/mol. The standard InChI is InChI=1S/C13H12N4OS3/c1-7-10(20-13(15-7)9-4-3-5-19-9)6-14-12(18)11-8(2)16-17-21-11/h3-5H,6H2,1-2H3,(H,14,18). The van der Waals surface area contributed by atoms with E-state index < -0.39 is 0 Å². The second-order valence-electron chi connectivity index (χ2n) is 4.38. The number of rotatable bonds is 4. The van der Waals surface area contributed by atoms with E-state index in [2.05, 4.69) is 26.0 Å². The maximum absolute atomic E-state index is 12.1. The van der Waals surface area contributed by atoms with Crippen molar-refractivity contribution in [2.24, 2.45) is 0 Å². The van der Waals surface area contributed by atoms with Crippen LogP contribution in [0, 0.1) is 13.8 Å². The van der Waals surface area contributed by atoms with Gasteiger partial charge in [0.05, 0.1) is 22.8 Å². The molecule has 3 rings (SSSR count). The van der Waals surface area contributed by atoms with Crippen molar-refractivity contribution in [1.29, 1.82) is 0 Å². The Morgan fingerprint density at radius 3 is 2.86 bits per heavy atom. The third-order valence-corrected chi connectivity index (χ3v) is 5.92. The zero-order valence-electron chi connectivity index (χ0n) is 11.4. The second kappa shape index (κ2) is 6.00. The second-order valence-corrected chi connectivity index (χ2v) is 7.16. The van der Waals surface area contributed by atoms with Gasteiger partial charge in [-0.3, -0.25) is 4.79 Å². The van der Waals surface area contributed by atoms with Crippen molar-refractivity contribution in [3.63, 3.8) is 0 Å². The number of hydrogen-bond donors (Lipinski definition) is 1. The molecule has 0 atom stereocenters. The molecule has 0 spiro atoms. The van der Waals surface area contributed by atoms with Crippen LogP contribution in [0.25, 0.3) is 9.88 Å². The van der Waals surface area contributed by atoms with Gasteiger partial charge >= 0.3 is 0 Å². The smallest absolute Gasteiger partial charge is 0.265 e. The summed E-state index contributed by atoms with van der Waals surface area (Å²) in [6.45, 7) is 4.23. The molecule has 0 fully saturated rings. The highest BCUT2D eigenvalue weighted by molar-refractivity contribution is 7.21. The van der Waals surface area contributed by atoms with Crippen LogP contribution in [0.15, 0.2) is 17.5 Å². The van der Waals surface area contributed by atoms with Crippen molar-refractivity contribution in [3.8, 4) is 9.88 Å². The lowest BCUT2D eigenvalue weighted by Crippen LogP contribution is -2.22. The van der Waals surface area contributed by atoms with Crippen molar-refractivity contribution >= 4 is 40.1 Å². The largest absolute Gasteiger partial charge is 0.346 e. The fourth-order valence-corrected chi connectivity index (χ4v) is 4.15. The lowest BCUT2D eigenvalue weighted by atomic mass is 10.3. The number of carbonyl (C=O) groups excluding carboxylic acids is 1. The van der Waals surface area contributed by atoms with E-state index >= 15 is 0 Å². The Hall–Kier alpha value is -1.64. The number of carbonyl (C=O) groups is 1. The van der Waals surface area contributed by atoms with Crippen LogP contribution in [-0.4, -0.2) is 20.5 Å². The molecule has 21 heavy (non-hydrogen) atoms. The fourth-order valence-electron chi connectivity index (χ4n) is 1.78. The minimum Gasteiger partial charge on any atom is -0.346 e. The number of nitrogens with zero attached hydrogens (tertiary/aromatic N) is 3. The van der Waals surface area contributed by atoms with Gasteiger partial charge in [0.1, 0.15) is 9.88 Å². The van der Waals surface area contributed by atoms with E-state index in [-0.39, 0.29) is 5.91 Å². The summed E-state index contributed by atoms with van der Waals surface area (Å²) in [7, 11) is 0. The highest BCUT2D eigenvalue weighted by atomic mass is 32.1. The Bertz CT molecular complexity index is 760. The van der Waals surface area contributed by atoms with E-state index in [1.165, 1.54) is 0 Å². The molecule has 0 aliphatic heterocycles. The fraction of sp³-hybridized carbons (Fsp3) is 0.231. The molecule has 3 aromatic heterocycles. The number of amides is 1. The molecule has 0 aromatic carbocycles. The third kappa shape index (κ3) is 3.02. The Kier molecular flexibility index (Phi) is 4.09. The van der Waals surface area contributed by atoms with Crippen molar-refractivity contribution in [2.45, 2.75) is 20.4 Å². The molecule has 1 amide bonds. The summed E-state index contributed by atoms with van der Waals surface area (Å²) in [4.78, 5) is 19.4. The third-order valence-electron chi connectivity index (χ3n) is 2.89. The Balaban J connectivity index is 1.71. The maximum atomic E-state index is 12.1. The van der Waals surface area contributed by atoms with Crippen LogP contribution in [0.1, 0.15) is 25.9 Å². The molecule has 0 saturated heterocycles. The molecule has 5 nitrogen and oxygen atoms in total. The molecule has 0 aliphatic carbocycles. The van der Waals surface area contributed by atoms with E-state index in [1.54, 1.807) is 29.6 Å². The molecule has 0 saturated carbocycles. The van der Waals surface area contributed by atoms with E-state index in [9.17, 15) is 4.79 Å². The zero-order chi connectivity index (χ0) is 14.8. The van der Waals surface area contributed by atoms with E-state index in [4.69, 9.17) is 0 Å². The van der Waals surface area contributed by atoms with Crippen LogP contribution in [0.3, 0.4) is 0 Å². The average molecular weight is 336 g/mol. The topological polar surface area (TPSA) is 67.8 Å². The van der Waals surface area contributed by atoms with Crippen molar-refractivity contribution < 1.29 is 4.79 Å². The lowest BCUT2D eigenvalue weighted by Gasteiger charge is -2.01. The van der Waals surface area contributed by atoms with Gasteiger partial charge in [0, 0.05) is 4.88 Å². The summed E-state index contributed by atoms with van der Waals surface area (Å²) >= 11 is 4.40. The molecule has 0 unspecified atom stereocenters.